The molecule has 100 valence electrons. The van der Waals surface area contributed by atoms with Crippen LogP contribution in [-0.4, -0.2) is 51.4 Å². The third kappa shape index (κ3) is 3.42. The summed E-state index contributed by atoms with van der Waals surface area (Å²) in [7, 11) is -5.76. The fourth-order valence-electron chi connectivity index (χ4n) is 2.65. The van der Waals surface area contributed by atoms with E-state index >= 15 is 0 Å². The first-order valence-corrected chi connectivity index (χ1v) is 9.53. The summed E-state index contributed by atoms with van der Waals surface area (Å²) in [5.41, 5.74) is -0.370. The van der Waals surface area contributed by atoms with Crippen molar-refractivity contribution in [3.63, 3.8) is 0 Å². The second-order valence-corrected chi connectivity index (χ2v) is 9.96. The number of rotatable bonds is 2. The highest BCUT2D eigenvalue weighted by Crippen LogP contribution is 2.25. The van der Waals surface area contributed by atoms with E-state index < -0.39 is 19.7 Å². The molecule has 0 amide bonds. The minimum Gasteiger partial charge on any atom is -0.308 e. The molecule has 1 atom stereocenters. The highest BCUT2D eigenvalue weighted by atomic mass is 32.2. The number of hydrogen-bond acceptors (Lipinski definition) is 5. The molecule has 2 heterocycles. The van der Waals surface area contributed by atoms with Crippen molar-refractivity contribution >= 4 is 19.7 Å². The Morgan fingerprint density at radius 2 is 1.59 bits per heavy atom. The first kappa shape index (κ1) is 13.3. The lowest BCUT2D eigenvalue weighted by Crippen LogP contribution is -2.51. The molecule has 0 aromatic rings. The van der Waals surface area contributed by atoms with Crippen LogP contribution in [-0.2, 0) is 19.7 Å². The van der Waals surface area contributed by atoms with Crippen molar-refractivity contribution in [3.8, 4) is 0 Å². The van der Waals surface area contributed by atoms with E-state index in [1.54, 1.807) is 0 Å². The molecule has 7 heteroatoms. The van der Waals surface area contributed by atoms with Gasteiger partial charge in [-0.1, -0.05) is 0 Å². The summed E-state index contributed by atoms with van der Waals surface area (Å²) in [4.78, 5) is 0. The Morgan fingerprint density at radius 1 is 1.00 bits per heavy atom. The van der Waals surface area contributed by atoms with Gasteiger partial charge in [-0.3, -0.25) is 0 Å². The van der Waals surface area contributed by atoms with Gasteiger partial charge in [0.2, 0.25) is 0 Å². The maximum Gasteiger partial charge on any atom is 0.152 e. The van der Waals surface area contributed by atoms with Gasteiger partial charge in [0, 0.05) is 11.6 Å². The molecule has 2 saturated heterocycles. The summed E-state index contributed by atoms with van der Waals surface area (Å²) in [6, 6.07) is 0.136. The highest BCUT2D eigenvalue weighted by Gasteiger charge is 2.40. The van der Waals surface area contributed by atoms with Crippen LogP contribution in [0.2, 0.25) is 0 Å². The largest absolute Gasteiger partial charge is 0.308 e. The van der Waals surface area contributed by atoms with E-state index in [1.807, 2.05) is 6.92 Å². The molecular weight excluding hydrogens is 262 g/mol. The van der Waals surface area contributed by atoms with E-state index in [-0.39, 0.29) is 34.6 Å². The van der Waals surface area contributed by atoms with Gasteiger partial charge in [-0.15, -0.1) is 0 Å². The zero-order valence-electron chi connectivity index (χ0n) is 9.98. The van der Waals surface area contributed by atoms with Crippen molar-refractivity contribution in [1.82, 2.24) is 5.32 Å². The fraction of sp³-hybridized carbons (Fsp3) is 1.00. The molecule has 2 aliphatic heterocycles. The van der Waals surface area contributed by atoms with Crippen molar-refractivity contribution in [1.29, 1.82) is 0 Å². The Morgan fingerprint density at radius 3 is 2.06 bits per heavy atom. The summed E-state index contributed by atoms with van der Waals surface area (Å²) in [6.45, 7) is 1.92. The summed E-state index contributed by atoms with van der Waals surface area (Å²) in [5, 5.41) is 3.34. The smallest absolute Gasteiger partial charge is 0.152 e. The molecule has 0 aromatic carbocycles. The van der Waals surface area contributed by atoms with Gasteiger partial charge in [0.05, 0.1) is 23.0 Å². The molecule has 0 aromatic heterocycles. The van der Waals surface area contributed by atoms with Gasteiger partial charge in [0.15, 0.2) is 9.84 Å². The average molecular weight is 281 g/mol. The summed E-state index contributed by atoms with van der Waals surface area (Å²) < 4.78 is 45.5. The Kier molecular flexibility index (Phi) is 3.29. The van der Waals surface area contributed by atoms with E-state index in [0.29, 0.717) is 19.3 Å². The Balaban J connectivity index is 1.95. The van der Waals surface area contributed by atoms with Gasteiger partial charge in [-0.2, -0.15) is 0 Å². The highest BCUT2D eigenvalue weighted by molar-refractivity contribution is 7.91. The molecule has 0 saturated carbocycles. The topological polar surface area (TPSA) is 80.3 Å². The molecule has 0 spiro atoms. The van der Waals surface area contributed by atoms with Gasteiger partial charge in [-0.05, 0) is 26.2 Å². The maximum absolute atomic E-state index is 11.5. The third-order valence-electron chi connectivity index (χ3n) is 3.61. The van der Waals surface area contributed by atoms with Gasteiger partial charge in [0.1, 0.15) is 9.84 Å². The molecular formula is C10H19NO4S2. The average Bonchev–Trinajstić information content (AvgIpc) is 2.45. The van der Waals surface area contributed by atoms with Crippen LogP contribution in [0.1, 0.15) is 26.2 Å². The lowest BCUT2D eigenvalue weighted by Gasteiger charge is -2.32. The lowest BCUT2D eigenvalue weighted by atomic mass is 9.99. The lowest BCUT2D eigenvalue weighted by molar-refractivity contribution is 0.323. The van der Waals surface area contributed by atoms with Gasteiger partial charge in [0.25, 0.3) is 0 Å². The normalized spacial score (nSPS) is 37.0. The van der Waals surface area contributed by atoms with Crippen molar-refractivity contribution < 1.29 is 16.8 Å². The van der Waals surface area contributed by atoms with Gasteiger partial charge < -0.3 is 5.32 Å². The van der Waals surface area contributed by atoms with Crippen LogP contribution in [0.15, 0.2) is 0 Å². The zero-order chi connectivity index (χ0) is 12.7. The summed E-state index contributed by atoms with van der Waals surface area (Å²) in [6.07, 6.45) is 1.81. The molecule has 2 rings (SSSR count). The quantitative estimate of drug-likeness (QED) is 0.753. The van der Waals surface area contributed by atoms with Gasteiger partial charge in [-0.25, -0.2) is 16.8 Å². The van der Waals surface area contributed by atoms with Crippen LogP contribution < -0.4 is 5.32 Å². The van der Waals surface area contributed by atoms with E-state index in [4.69, 9.17) is 0 Å². The zero-order valence-corrected chi connectivity index (χ0v) is 11.6. The van der Waals surface area contributed by atoms with Crippen molar-refractivity contribution in [2.75, 3.05) is 23.0 Å². The van der Waals surface area contributed by atoms with E-state index in [0.717, 1.165) is 0 Å². The van der Waals surface area contributed by atoms with Crippen LogP contribution in [0.4, 0.5) is 0 Å². The van der Waals surface area contributed by atoms with Crippen LogP contribution in [0.5, 0.6) is 0 Å². The molecule has 17 heavy (non-hydrogen) atoms. The van der Waals surface area contributed by atoms with Crippen LogP contribution >= 0.6 is 0 Å². The van der Waals surface area contributed by atoms with E-state index in [9.17, 15) is 16.8 Å². The number of hydrogen-bond donors (Lipinski definition) is 1. The monoisotopic (exact) mass is 281 g/mol. The van der Waals surface area contributed by atoms with E-state index in [2.05, 4.69) is 5.32 Å². The standard InChI is InChI=1S/C10H19NO4S2/c1-10(4-7-17(14,15)8-10)11-9-2-5-16(12,13)6-3-9/h9,11H,2-8H2,1H3. The Labute approximate surface area is 103 Å². The summed E-state index contributed by atoms with van der Waals surface area (Å²) >= 11 is 0. The van der Waals surface area contributed by atoms with Crippen LogP contribution in [0, 0.1) is 0 Å². The predicted molar refractivity (Wildman–Crippen MR) is 66.5 cm³/mol. The first-order chi connectivity index (χ1) is 7.70. The number of nitrogens with one attached hydrogen (secondary N) is 1. The minimum atomic E-state index is -2.91. The van der Waals surface area contributed by atoms with Crippen molar-refractivity contribution in [3.05, 3.63) is 0 Å². The maximum atomic E-state index is 11.5. The van der Waals surface area contributed by atoms with Crippen molar-refractivity contribution in [2.24, 2.45) is 0 Å². The Bertz CT molecular complexity index is 482. The first-order valence-electron chi connectivity index (χ1n) is 5.88. The molecule has 0 aliphatic carbocycles. The third-order valence-corrected chi connectivity index (χ3v) is 7.23. The fourth-order valence-corrected chi connectivity index (χ4v) is 6.25. The second kappa shape index (κ2) is 4.20. The molecule has 2 fully saturated rings. The molecule has 1 N–H and O–H groups in total. The molecule has 1 unspecified atom stereocenters. The van der Waals surface area contributed by atoms with Crippen LogP contribution in [0.3, 0.4) is 0 Å². The molecule has 2 aliphatic rings. The number of sulfone groups is 2. The van der Waals surface area contributed by atoms with Crippen molar-refractivity contribution in [2.45, 2.75) is 37.8 Å². The summed E-state index contributed by atoms with van der Waals surface area (Å²) in [5.74, 6) is 0.839. The molecule has 0 bridgehead atoms. The van der Waals surface area contributed by atoms with E-state index in [1.165, 1.54) is 0 Å². The van der Waals surface area contributed by atoms with Crippen LogP contribution in [0.25, 0.3) is 0 Å². The Hall–Kier alpha value is -0.140. The van der Waals surface area contributed by atoms with Gasteiger partial charge >= 0.3 is 0 Å². The molecule has 0 radical (unpaired) electrons. The second-order valence-electron chi connectivity index (χ2n) is 5.47. The predicted octanol–water partition coefficient (Wildman–Crippen LogP) is -0.270. The minimum absolute atomic E-state index is 0.136. The SMILES string of the molecule is CC1(NC2CCS(=O)(=O)CC2)CCS(=O)(=O)C1. The molecule has 5 nitrogen and oxygen atoms in total.